The monoisotopic (exact) mass is 201 g/mol. The lowest BCUT2D eigenvalue weighted by Gasteiger charge is -1.90. The van der Waals surface area contributed by atoms with Gasteiger partial charge in [0.15, 0.2) is 0 Å². The highest BCUT2D eigenvalue weighted by molar-refractivity contribution is 4.65. The zero-order valence-corrected chi connectivity index (χ0v) is 9.06. The van der Waals surface area contributed by atoms with E-state index in [4.69, 9.17) is 10.2 Å². The van der Waals surface area contributed by atoms with E-state index >= 15 is 0 Å². The summed E-state index contributed by atoms with van der Waals surface area (Å²) in [5.74, 6) is 0. The Labute approximate surface area is 85.4 Å². The van der Waals surface area contributed by atoms with Crippen molar-refractivity contribution >= 4 is 0 Å². The maximum absolute atomic E-state index is 7.62. The van der Waals surface area contributed by atoms with Crippen LogP contribution in [0.5, 0.6) is 0 Å². The Balaban J connectivity index is 0.000000364. The number of aromatic nitrogens is 2. The summed E-state index contributed by atoms with van der Waals surface area (Å²) in [5, 5.41) is 15.2. The minimum absolute atomic E-state index is 0.125. The zero-order chi connectivity index (χ0) is 10.8. The first kappa shape index (κ1) is 13.1. The summed E-state index contributed by atoms with van der Waals surface area (Å²) in [6.45, 7) is 3.11. The van der Waals surface area contributed by atoms with Gasteiger partial charge in [0, 0.05) is 0 Å². The van der Waals surface area contributed by atoms with Gasteiger partial charge in [0.05, 0.1) is 26.8 Å². The Hall–Kier alpha value is -0.870. The molecule has 4 nitrogen and oxygen atoms in total. The summed E-state index contributed by atoms with van der Waals surface area (Å²) >= 11 is 0. The molecule has 0 unspecified atom stereocenters. The number of aliphatic hydroxyl groups is 2. The molecular weight excluding hydrogens is 180 g/mol. The number of unbranched alkanes of at least 4 members (excludes halogenated alkanes) is 1. The van der Waals surface area contributed by atoms with E-state index in [0.717, 1.165) is 6.54 Å². The van der Waals surface area contributed by atoms with Gasteiger partial charge in [-0.25, -0.2) is 9.13 Å². The molecule has 0 radical (unpaired) electrons. The molecule has 0 fully saturated rings. The van der Waals surface area contributed by atoms with Crippen LogP contribution in [0.2, 0.25) is 0 Å². The fourth-order valence-electron chi connectivity index (χ4n) is 0.975. The van der Waals surface area contributed by atoms with Crippen molar-refractivity contribution in [2.24, 2.45) is 7.05 Å². The summed E-state index contributed by atoms with van der Waals surface area (Å²) in [7, 11) is 2.04. The predicted molar refractivity (Wildman–Crippen MR) is 54.7 cm³/mol. The molecule has 0 aliphatic carbocycles. The molecule has 1 heterocycles. The zero-order valence-electron chi connectivity index (χ0n) is 9.06. The van der Waals surface area contributed by atoms with Crippen LogP contribution in [0, 0.1) is 0 Å². The SMILES string of the molecule is CCCCn1cc[n+](C)c1.OCCO. The van der Waals surface area contributed by atoms with Gasteiger partial charge in [-0.3, -0.25) is 0 Å². The summed E-state index contributed by atoms with van der Waals surface area (Å²) in [5.41, 5.74) is 0. The van der Waals surface area contributed by atoms with Gasteiger partial charge in [-0.15, -0.1) is 0 Å². The van der Waals surface area contributed by atoms with Gasteiger partial charge in [0.1, 0.15) is 12.4 Å². The lowest BCUT2D eigenvalue weighted by molar-refractivity contribution is -0.671. The molecule has 2 N–H and O–H groups in total. The van der Waals surface area contributed by atoms with Crippen molar-refractivity contribution in [2.45, 2.75) is 26.3 Å². The molecule has 0 aromatic carbocycles. The first-order chi connectivity index (χ1) is 6.74. The van der Waals surface area contributed by atoms with E-state index in [2.05, 4.69) is 34.8 Å². The second-order valence-electron chi connectivity index (χ2n) is 3.12. The van der Waals surface area contributed by atoms with Crippen LogP contribution in [-0.2, 0) is 13.6 Å². The van der Waals surface area contributed by atoms with Crippen molar-refractivity contribution in [2.75, 3.05) is 13.2 Å². The van der Waals surface area contributed by atoms with Crippen molar-refractivity contribution < 1.29 is 14.8 Å². The van der Waals surface area contributed by atoms with Crippen molar-refractivity contribution in [1.29, 1.82) is 0 Å². The molecule has 0 atom stereocenters. The van der Waals surface area contributed by atoms with Crippen molar-refractivity contribution in [1.82, 2.24) is 4.57 Å². The molecule has 1 rings (SSSR count). The number of nitrogens with zero attached hydrogens (tertiary/aromatic N) is 2. The van der Waals surface area contributed by atoms with Crippen LogP contribution < -0.4 is 4.57 Å². The minimum atomic E-state index is -0.125. The van der Waals surface area contributed by atoms with E-state index in [1.807, 2.05) is 7.05 Å². The first-order valence-electron chi connectivity index (χ1n) is 4.97. The maximum atomic E-state index is 7.62. The van der Waals surface area contributed by atoms with Gasteiger partial charge >= 0.3 is 0 Å². The van der Waals surface area contributed by atoms with Gasteiger partial charge in [-0.2, -0.15) is 0 Å². The lowest BCUT2D eigenvalue weighted by atomic mass is 10.3. The lowest BCUT2D eigenvalue weighted by Crippen LogP contribution is -2.23. The number of aryl methyl sites for hydroxylation is 2. The summed E-state index contributed by atoms with van der Waals surface area (Å²) in [6.07, 6.45) is 8.82. The average molecular weight is 201 g/mol. The van der Waals surface area contributed by atoms with Gasteiger partial charge in [-0.05, 0) is 6.42 Å². The summed E-state index contributed by atoms with van der Waals surface area (Å²) in [6, 6.07) is 0. The smallest absolute Gasteiger partial charge is 0.243 e. The topological polar surface area (TPSA) is 49.3 Å². The molecule has 82 valence electrons. The summed E-state index contributed by atoms with van der Waals surface area (Å²) in [4.78, 5) is 0. The molecule has 0 spiro atoms. The number of hydrogen-bond donors (Lipinski definition) is 2. The van der Waals surface area contributed by atoms with Crippen LogP contribution in [0.25, 0.3) is 0 Å². The van der Waals surface area contributed by atoms with Crippen molar-refractivity contribution in [3.05, 3.63) is 18.7 Å². The van der Waals surface area contributed by atoms with E-state index in [0.29, 0.717) is 0 Å². The average Bonchev–Trinajstić information content (AvgIpc) is 2.61. The molecule has 0 saturated heterocycles. The van der Waals surface area contributed by atoms with Crippen molar-refractivity contribution in [3.63, 3.8) is 0 Å². The van der Waals surface area contributed by atoms with E-state index in [1.54, 1.807) is 0 Å². The minimum Gasteiger partial charge on any atom is -0.394 e. The Kier molecular flexibility index (Phi) is 8.17. The largest absolute Gasteiger partial charge is 0.394 e. The Morgan fingerprint density at radius 3 is 2.29 bits per heavy atom. The fourth-order valence-corrected chi connectivity index (χ4v) is 0.975. The number of imidazole rings is 1. The second-order valence-corrected chi connectivity index (χ2v) is 3.12. The Morgan fingerprint density at radius 2 is 1.93 bits per heavy atom. The maximum Gasteiger partial charge on any atom is 0.243 e. The molecule has 4 heteroatoms. The number of rotatable bonds is 4. The van der Waals surface area contributed by atoms with Gasteiger partial charge < -0.3 is 10.2 Å². The number of hydrogen-bond acceptors (Lipinski definition) is 2. The summed E-state index contributed by atoms with van der Waals surface area (Å²) < 4.78 is 4.28. The molecule has 0 amide bonds. The molecular formula is C10H21N2O2+. The van der Waals surface area contributed by atoms with Gasteiger partial charge in [0.2, 0.25) is 6.33 Å². The van der Waals surface area contributed by atoms with Crippen LogP contribution in [-0.4, -0.2) is 28.0 Å². The van der Waals surface area contributed by atoms with Crippen LogP contribution in [0.3, 0.4) is 0 Å². The number of aliphatic hydroxyl groups excluding tert-OH is 2. The quantitative estimate of drug-likeness (QED) is 0.678. The van der Waals surface area contributed by atoms with Crippen LogP contribution in [0.4, 0.5) is 0 Å². The third-order valence-electron chi connectivity index (χ3n) is 1.69. The molecule has 0 saturated carbocycles. The van der Waals surface area contributed by atoms with Gasteiger partial charge in [-0.1, -0.05) is 13.3 Å². The molecule has 0 bridgehead atoms. The first-order valence-corrected chi connectivity index (χ1v) is 4.97. The van der Waals surface area contributed by atoms with E-state index in [-0.39, 0.29) is 13.2 Å². The molecule has 1 aromatic heterocycles. The Morgan fingerprint density at radius 1 is 1.29 bits per heavy atom. The standard InChI is InChI=1S/C8H15N2.C2H6O2/c1-3-4-5-10-7-6-9(2)8-10;3-1-2-4/h6-8H,3-5H2,1-2H3;3-4H,1-2H2/q+1;. The fraction of sp³-hybridized carbons (Fsp3) is 0.700. The molecule has 0 aliphatic rings. The van der Waals surface area contributed by atoms with E-state index in [1.165, 1.54) is 12.8 Å². The molecule has 0 aliphatic heterocycles. The molecule has 1 aromatic rings. The highest BCUT2D eigenvalue weighted by Gasteiger charge is 1.96. The Bertz CT molecular complexity index is 222. The van der Waals surface area contributed by atoms with E-state index < -0.39 is 0 Å². The third kappa shape index (κ3) is 6.62. The van der Waals surface area contributed by atoms with Gasteiger partial charge in [0.25, 0.3) is 0 Å². The van der Waals surface area contributed by atoms with Crippen LogP contribution >= 0.6 is 0 Å². The van der Waals surface area contributed by atoms with Crippen LogP contribution in [0.1, 0.15) is 19.8 Å². The third-order valence-corrected chi connectivity index (χ3v) is 1.69. The highest BCUT2D eigenvalue weighted by Crippen LogP contribution is 1.91. The van der Waals surface area contributed by atoms with E-state index in [9.17, 15) is 0 Å². The predicted octanol–water partition coefficient (Wildman–Crippen LogP) is 0.0837. The second kappa shape index (κ2) is 8.72. The normalized spacial score (nSPS) is 9.43. The van der Waals surface area contributed by atoms with Crippen LogP contribution in [0.15, 0.2) is 18.7 Å². The molecule has 14 heavy (non-hydrogen) atoms. The van der Waals surface area contributed by atoms with Crippen molar-refractivity contribution in [3.8, 4) is 0 Å². The highest BCUT2D eigenvalue weighted by atomic mass is 16.3.